The topological polar surface area (TPSA) is 82.6 Å². The van der Waals surface area contributed by atoms with Crippen molar-refractivity contribution in [3.8, 4) is 16.9 Å². The average molecular weight is 543 g/mol. The van der Waals surface area contributed by atoms with Gasteiger partial charge in [-0.25, -0.2) is 9.18 Å². The Morgan fingerprint density at radius 1 is 1.18 bits per heavy atom. The van der Waals surface area contributed by atoms with E-state index in [4.69, 9.17) is 14.2 Å². The van der Waals surface area contributed by atoms with Gasteiger partial charge in [0.1, 0.15) is 24.0 Å². The third-order valence-corrected chi connectivity index (χ3v) is 8.80. The van der Waals surface area contributed by atoms with Crippen LogP contribution in [0.3, 0.4) is 0 Å². The molecule has 1 N–H and O–H groups in total. The minimum atomic E-state index is -1.25. The highest BCUT2D eigenvalue weighted by Gasteiger charge is 2.26. The van der Waals surface area contributed by atoms with Gasteiger partial charge in [0.25, 0.3) is 5.56 Å². The Balaban J connectivity index is 1.85. The van der Waals surface area contributed by atoms with Gasteiger partial charge >= 0.3 is 5.97 Å². The molecule has 1 aliphatic carbocycles. The quantitative estimate of drug-likeness (QED) is 0.176. The minimum absolute atomic E-state index is 0.0137. The molecule has 1 aromatic carbocycles. The van der Waals surface area contributed by atoms with E-state index in [-0.39, 0.29) is 25.1 Å². The molecule has 0 spiro atoms. The second kappa shape index (κ2) is 11.9. The molecule has 3 aromatic rings. The van der Waals surface area contributed by atoms with Crippen LogP contribution in [0.25, 0.3) is 21.9 Å². The number of nitrogens with one attached hydrogen (secondary N) is 1. The lowest BCUT2D eigenvalue weighted by atomic mass is 9.96. The summed E-state index contributed by atoms with van der Waals surface area (Å²) in [5.74, 6) is -0.656. The predicted octanol–water partition coefficient (Wildman–Crippen LogP) is 6.64. The summed E-state index contributed by atoms with van der Waals surface area (Å²) in [7, 11) is -1.25. The monoisotopic (exact) mass is 542 g/mol. The summed E-state index contributed by atoms with van der Waals surface area (Å²) in [6, 6.07) is 5.35. The van der Waals surface area contributed by atoms with Gasteiger partial charge in [-0.2, -0.15) is 0 Å². The molecule has 2 heterocycles. The first kappa shape index (κ1) is 28.1. The van der Waals surface area contributed by atoms with Crippen molar-refractivity contribution < 1.29 is 23.4 Å². The Kier molecular flexibility index (Phi) is 8.77. The van der Waals surface area contributed by atoms with Crippen molar-refractivity contribution >= 4 is 24.8 Å². The lowest BCUT2D eigenvalue weighted by molar-refractivity contribution is 0.0520. The van der Waals surface area contributed by atoms with Gasteiger partial charge < -0.3 is 23.8 Å². The Hall–Kier alpha value is -2.91. The number of aromatic nitrogens is 2. The molecule has 38 heavy (non-hydrogen) atoms. The Morgan fingerprint density at radius 3 is 2.61 bits per heavy atom. The summed E-state index contributed by atoms with van der Waals surface area (Å²) < 4.78 is 34.2. The van der Waals surface area contributed by atoms with Crippen LogP contribution in [0.5, 0.6) is 5.75 Å². The van der Waals surface area contributed by atoms with Crippen molar-refractivity contribution in [1.29, 1.82) is 0 Å². The van der Waals surface area contributed by atoms with Gasteiger partial charge in [0.05, 0.1) is 18.1 Å². The van der Waals surface area contributed by atoms with E-state index in [1.54, 1.807) is 13.0 Å². The van der Waals surface area contributed by atoms with Crippen molar-refractivity contribution in [2.45, 2.75) is 84.5 Å². The number of benzene rings is 1. The molecule has 0 aliphatic heterocycles. The summed E-state index contributed by atoms with van der Waals surface area (Å²) in [5.41, 5.74) is 1.09. The number of pyridine rings is 1. The molecule has 7 nitrogen and oxygen atoms in total. The zero-order valence-electron chi connectivity index (χ0n) is 23.1. The molecule has 9 heteroatoms. The number of fused-ring (bicyclic) bond motifs is 1. The maximum absolute atomic E-state index is 14.7. The van der Waals surface area contributed by atoms with E-state index in [9.17, 15) is 14.0 Å². The molecule has 0 amide bonds. The number of esters is 1. The summed E-state index contributed by atoms with van der Waals surface area (Å²) in [4.78, 5) is 29.0. The Bertz CT molecular complexity index is 1350. The highest BCUT2D eigenvalue weighted by molar-refractivity contribution is 6.76. The van der Waals surface area contributed by atoms with Crippen molar-refractivity contribution in [3.63, 3.8) is 0 Å². The molecule has 1 fully saturated rings. The molecule has 0 bridgehead atoms. The van der Waals surface area contributed by atoms with Crippen LogP contribution in [0.2, 0.25) is 25.7 Å². The molecular formula is C29H39FN2O5Si. The molecule has 0 radical (unpaired) electrons. The molecule has 1 saturated carbocycles. The summed E-state index contributed by atoms with van der Waals surface area (Å²) in [5, 5.41) is 0.955. The van der Waals surface area contributed by atoms with E-state index < -0.39 is 25.4 Å². The zero-order chi connectivity index (χ0) is 27.4. The zero-order valence-corrected chi connectivity index (χ0v) is 24.1. The van der Waals surface area contributed by atoms with Gasteiger partial charge in [-0.15, -0.1) is 0 Å². The maximum Gasteiger partial charge on any atom is 0.355 e. The normalized spacial score (nSPS) is 14.7. The van der Waals surface area contributed by atoms with Crippen LogP contribution in [0.1, 0.15) is 55.2 Å². The lowest BCUT2D eigenvalue weighted by Gasteiger charge is -2.25. The molecule has 0 atom stereocenters. The number of hydrogen-bond donors (Lipinski definition) is 1. The maximum atomic E-state index is 14.7. The summed E-state index contributed by atoms with van der Waals surface area (Å²) in [6.45, 7) is 11.5. The van der Waals surface area contributed by atoms with Gasteiger partial charge in [-0.05, 0) is 63.8 Å². The van der Waals surface area contributed by atoms with Crippen molar-refractivity contribution in [1.82, 2.24) is 9.55 Å². The van der Waals surface area contributed by atoms with E-state index >= 15 is 0 Å². The van der Waals surface area contributed by atoms with E-state index in [2.05, 4.69) is 24.6 Å². The van der Waals surface area contributed by atoms with Gasteiger partial charge in [0.15, 0.2) is 0 Å². The minimum Gasteiger partial charge on any atom is -0.490 e. The number of carbonyl (C=O) groups excluding carboxylic acids is 1. The second-order valence-electron chi connectivity index (χ2n) is 11.3. The number of halogens is 1. The van der Waals surface area contributed by atoms with E-state index in [1.165, 1.54) is 18.6 Å². The van der Waals surface area contributed by atoms with E-state index in [0.29, 0.717) is 39.9 Å². The van der Waals surface area contributed by atoms with Crippen LogP contribution >= 0.6 is 0 Å². The van der Waals surface area contributed by atoms with E-state index in [1.807, 2.05) is 17.7 Å². The Labute approximate surface area is 224 Å². The summed E-state index contributed by atoms with van der Waals surface area (Å²) >= 11 is 0. The number of hydrogen-bond acceptors (Lipinski definition) is 5. The molecule has 1 aliphatic rings. The predicted molar refractivity (Wildman–Crippen MR) is 150 cm³/mol. The highest BCUT2D eigenvalue weighted by atomic mass is 28.3. The number of rotatable bonds is 10. The largest absolute Gasteiger partial charge is 0.490 e. The van der Waals surface area contributed by atoms with Crippen molar-refractivity contribution in [2.24, 2.45) is 0 Å². The number of ether oxygens (including phenoxy) is 3. The van der Waals surface area contributed by atoms with Crippen LogP contribution in [-0.4, -0.2) is 42.9 Å². The second-order valence-corrected chi connectivity index (χ2v) is 16.9. The molecule has 4 rings (SSSR count). The van der Waals surface area contributed by atoms with Crippen LogP contribution in [0.15, 0.2) is 29.2 Å². The standard InChI is InChI=1S/C29H39FN2O5Si/c1-6-36-29(34)27-26(22-16-20(30)12-13-24(22)37-21-10-8-7-9-11-21)23-17-32(18-35-14-15-38(3,4)5)19(2)25(23)28(33)31-27/h12-13,16-17,21H,6-11,14-15,18H2,1-5H3,(H,31,33). The Morgan fingerprint density at radius 2 is 1.92 bits per heavy atom. The first-order valence-electron chi connectivity index (χ1n) is 13.6. The lowest BCUT2D eigenvalue weighted by Crippen LogP contribution is -2.22. The number of aryl methyl sites for hydroxylation is 1. The third-order valence-electron chi connectivity index (χ3n) is 7.09. The number of nitrogens with zero attached hydrogens (tertiary/aromatic N) is 1. The van der Waals surface area contributed by atoms with Crippen LogP contribution in [0, 0.1) is 12.7 Å². The fourth-order valence-electron chi connectivity index (χ4n) is 4.98. The molecular weight excluding hydrogens is 503 g/mol. The molecule has 0 saturated heterocycles. The first-order chi connectivity index (χ1) is 18.1. The van der Waals surface area contributed by atoms with Gasteiger partial charge in [0.2, 0.25) is 0 Å². The third kappa shape index (κ3) is 6.38. The molecule has 0 unspecified atom stereocenters. The number of aromatic amines is 1. The van der Waals surface area contributed by atoms with Crippen LogP contribution in [-0.2, 0) is 16.2 Å². The summed E-state index contributed by atoms with van der Waals surface area (Å²) in [6.07, 6.45) is 7.01. The first-order valence-corrected chi connectivity index (χ1v) is 17.3. The fraction of sp³-hybridized carbons (Fsp3) is 0.517. The molecule has 206 valence electrons. The average Bonchev–Trinajstić information content (AvgIpc) is 3.19. The molecule has 2 aromatic heterocycles. The number of H-pyrrole nitrogens is 1. The van der Waals surface area contributed by atoms with Gasteiger partial charge in [-0.1, -0.05) is 26.1 Å². The SMILES string of the molecule is CCOC(=O)c1[nH]c(=O)c2c(C)n(COCC[Si](C)(C)C)cc2c1-c1cc(F)ccc1OC1CCCCC1. The fourth-order valence-corrected chi connectivity index (χ4v) is 5.74. The van der Waals surface area contributed by atoms with Crippen molar-refractivity contribution in [3.05, 3.63) is 52.0 Å². The van der Waals surface area contributed by atoms with Crippen molar-refractivity contribution in [2.75, 3.05) is 13.2 Å². The van der Waals surface area contributed by atoms with Crippen LogP contribution in [0.4, 0.5) is 4.39 Å². The van der Waals surface area contributed by atoms with Gasteiger partial charge in [-0.3, -0.25) is 4.79 Å². The van der Waals surface area contributed by atoms with Gasteiger partial charge in [0, 0.05) is 43.1 Å². The van der Waals surface area contributed by atoms with Crippen LogP contribution < -0.4 is 10.3 Å². The van der Waals surface area contributed by atoms with E-state index in [0.717, 1.165) is 31.7 Å². The number of carbonyl (C=O) groups is 1. The highest BCUT2D eigenvalue weighted by Crippen LogP contribution is 2.39. The smallest absolute Gasteiger partial charge is 0.355 e.